The lowest BCUT2D eigenvalue weighted by molar-refractivity contribution is -0.147. The van der Waals surface area contributed by atoms with Crippen LogP contribution in [0.5, 0.6) is 0 Å². The summed E-state index contributed by atoms with van der Waals surface area (Å²) in [6.45, 7) is 4.48. The second kappa shape index (κ2) is 28.8. The van der Waals surface area contributed by atoms with E-state index in [1.54, 1.807) is 0 Å². The predicted octanol–water partition coefficient (Wildman–Crippen LogP) is 6.29. The molecule has 0 rings (SSSR count). The fourth-order valence-corrected chi connectivity index (χ4v) is 2.14. The Bertz CT molecular complexity index is 364. The molecule has 0 spiro atoms. The zero-order valence-electron chi connectivity index (χ0n) is 17.5. The van der Waals surface area contributed by atoms with E-state index in [-0.39, 0.29) is 0 Å². The van der Waals surface area contributed by atoms with Crippen molar-refractivity contribution in [1.29, 1.82) is 0 Å². The predicted molar refractivity (Wildman–Crippen MR) is 114 cm³/mol. The number of rotatable bonds is 14. The van der Waals surface area contributed by atoms with Gasteiger partial charge in [-0.2, -0.15) is 0 Å². The van der Waals surface area contributed by atoms with E-state index in [0.29, 0.717) is 0 Å². The molecule has 0 aromatic rings. The highest BCUT2D eigenvalue weighted by Gasteiger charge is 2.01. The van der Waals surface area contributed by atoms with E-state index in [1.165, 1.54) is 77.0 Å². The van der Waals surface area contributed by atoms with E-state index in [9.17, 15) is 9.59 Å². The maximum Gasteiger partial charge on any atom is 0.314 e. The largest absolute Gasteiger partial charge is 0.481 e. The summed E-state index contributed by atoms with van der Waals surface area (Å²) in [5.41, 5.74) is 0. The van der Waals surface area contributed by atoms with Crippen molar-refractivity contribution in [3.05, 3.63) is 0 Å². The second-order valence-corrected chi connectivity index (χ2v) is 6.41. The molecule has 156 valence electrons. The number of carboxylic acids is 2. The Morgan fingerprint density at radius 1 is 0.630 bits per heavy atom. The molecule has 0 unspecified atom stereocenters. The molecular formula is C23H40O4. The highest BCUT2D eigenvalue weighted by atomic mass is 16.4. The average Bonchev–Trinajstić information content (AvgIpc) is 2.61. The minimum Gasteiger partial charge on any atom is -0.481 e. The third kappa shape index (κ3) is 45.4. The summed E-state index contributed by atoms with van der Waals surface area (Å²) >= 11 is 0. The summed E-state index contributed by atoms with van der Waals surface area (Å²) in [4.78, 5) is 18.9. The highest BCUT2D eigenvalue weighted by Crippen LogP contribution is 2.06. The minimum atomic E-state index is -1.31. The Balaban J connectivity index is -0.000000326. The molecule has 0 amide bonds. The second-order valence-electron chi connectivity index (χ2n) is 6.41. The van der Waals surface area contributed by atoms with Crippen LogP contribution in [0.4, 0.5) is 0 Å². The molecule has 0 bridgehead atoms. The summed E-state index contributed by atoms with van der Waals surface area (Å²) in [5, 5.41) is 15.4. The molecule has 0 saturated carbocycles. The number of carboxylic acid groups (broad SMARTS) is 2. The third-order valence-electron chi connectivity index (χ3n) is 3.65. The van der Waals surface area contributed by atoms with Crippen molar-refractivity contribution in [1.82, 2.24) is 0 Å². The van der Waals surface area contributed by atoms with E-state index in [1.807, 2.05) is 0 Å². The number of terminal acetylenes is 2. The van der Waals surface area contributed by atoms with Gasteiger partial charge in [-0.3, -0.25) is 9.59 Å². The summed E-state index contributed by atoms with van der Waals surface area (Å²) in [6, 6.07) is 0. The van der Waals surface area contributed by atoms with Gasteiger partial charge in [0.15, 0.2) is 0 Å². The van der Waals surface area contributed by atoms with Crippen LogP contribution in [0.15, 0.2) is 0 Å². The number of unbranched alkanes of at least 4 members (excludes halogenated alkanes) is 12. The Morgan fingerprint density at radius 3 is 1.15 bits per heavy atom. The van der Waals surface area contributed by atoms with Crippen LogP contribution < -0.4 is 0 Å². The van der Waals surface area contributed by atoms with Crippen LogP contribution >= 0.6 is 0 Å². The van der Waals surface area contributed by atoms with E-state index >= 15 is 0 Å². The molecule has 0 aliphatic heterocycles. The Morgan fingerprint density at radius 2 is 0.926 bits per heavy atom. The quantitative estimate of drug-likeness (QED) is 0.211. The molecule has 0 aliphatic carbocycles. The van der Waals surface area contributed by atoms with E-state index in [4.69, 9.17) is 23.1 Å². The zero-order valence-corrected chi connectivity index (χ0v) is 17.5. The highest BCUT2D eigenvalue weighted by molar-refractivity contribution is 5.88. The molecule has 0 aliphatic rings. The molecule has 0 saturated heterocycles. The standard InChI is InChI=1S/2C10H18.C3H4O4/c2*1-3-5-7-9-10-8-6-4-2;4-2(5)1-3(6)7/h2*1H,4-10H2,2H3;1H2,(H,4,5)(H,6,7). The smallest absolute Gasteiger partial charge is 0.314 e. The number of hydrogen-bond acceptors (Lipinski definition) is 2. The molecule has 0 atom stereocenters. The minimum absolute atomic E-state index is 0.806. The molecule has 0 radical (unpaired) electrons. The zero-order chi connectivity index (χ0) is 21.2. The van der Waals surface area contributed by atoms with E-state index < -0.39 is 18.4 Å². The normalized spacial score (nSPS) is 8.89. The van der Waals surface area contributed by atoms with E-state index in [2.05, 4.69) is 25.7 Å². The van der Waals surface area contributed by atoms with Crippen LogP contribution in [-0.2, 0) is 9.59 Å². The van der Waals surface area contributed by atoms with Gasteiger partial charge in [-0.1, -0.05) is 78.1 Å². The SMILES string of the molecule is C#CCCCCCCCC.C#CCCCCCCCC.O=C(O)CC(=O)O. The van der Waals surface area contributed by atoms with Gasteiger partial charge in [-0.25, -0.2) is 0 Å². The maximum absolute atomic E-state index is 9.43. The van der Waals surface area contributed by atoms with Crippen LogP contribution in [-0.4, -0.2) is 22.2 Å². The molecule has 2 N–H and O–H groups in total. The van der Waals surface area contributed by atoms with Crippen molar-refractivity contribution in [2.45, 2.75) is 110 Å². The van der Waals surface area contributed by atoms with Gasteiger partial charge in [0.2, 0.25) is 0 Å². The molecule has 0 fully saturated rings. The summed E-state index contributed by atoms with van der Waals surface area (Å²) < 4.78 is 0. The van der Waals surface area contributed by atoms with Crippen molar-refractivity contribution in [3.8, 4) is 24.7 Å². The lowest BCUT2D eigenvalue weighted by Gasteiger charge is -1.95. The first kappa shape index (κ1) is 29.8. The van der Waals surface area contributed by atoms with Gasteiger partial charge >= 0.3 is 11.9 Å². The van der Waals surface area contributed by atoms with Crippen LogP contribution in [0.2, 0.25) is 0 Å². The van der Waals surface area contributed by atoms with E-state index in [0.717, 1.165) is 12.8 Å². The number of aliphatic carboxylic acids is 2. The van der Waals surface area contributed by atoms with Crippen molar-refractivity contribution < 1.29 is 19.8 Å². The molecule has 0 aromatic carbocycles. The molecule has 0 heterocycles. The van der Waals surface area contributed by atoms with Crippen molar-refractivity contribution in [2.24, 2.45) is 0 Å². The first-order chi connectivity index (χ1) is 13.0. The lowest BCUT2D eigenvalue weighted by atomic mass is 10.1. The summed E-state index contributed by atoms with van der Waals surface area (Å²) in [5.74, 6) is 2.69. The fourth-order valence-electron chi connectivity index (χ4n) is 2.14. The van der Waals surface area contributed by atoms with Crippen LogP contribution in [0.25, 0.3) is 0 Å². The van der Waals surface area contributed by atoms with Gasteiger partial charge in [0.25, 0.3) is 0 Å². The molecule has 4 heteroatoms. The van der Waals surface area contributed by atoms with Gasteiger partial charge in [0, 0.05) is 12.8 Å². The van der Waals surface area contributed by atoms with Crippen molar-refractivity contribution in [3.63, 3.8) is 0 Å². The first-order valence-corrected chi connectivity index (χ1v) is 10.3. The number of carbonyl (C=O) groups is 2. The van der Waals surface area contributed by atoms with Crippen LogP contribution in [0.1, 0.15) is 110 Å². The summed E-state index contributed by atoms with van der Waals surface area (Å²) in [6.07, 6.45) is 27.4. The summed E-state index contributed by atoms with van der Waals surface area (Å²) in [7, 11) is 0. The van der Waals surface area contributed by atoms with Gasteiger partial charge in [-0.15, -0.1) is 24.7 Å². The Kier molecular flexibility index (Phi) is 31.8. The first-order valence-electron chi connectivity index (χ1n) is 10.3. The molecule has 27 heavy (non-hydrogen) atoms. The molecule has 4 nitrogen and oxygen atoms in total. The van der Waals surface area contributed by atoms with Crippen molar-refractivity contribution >= 4 is 11.9 Å². The maximum atomic E-state index is 9.43. The Labute approximate surface area is 167 Å². The average molecular weight is 381 g/mol. The van der Waals surface area contributed by atoms with Gasteiger partial charge in [0.05, 0.1) is 0 Å². The monoisotopic (exact) mass is 380 g/mol. The van der Waals surface area contributed by atoms with Gasteiger partial charge in [0.1, 0.15) is 6.42 Å². The molecular weight excluding hydrogens is 340 g/mol. The number of hydrogen-bond donors (Lipinski definition) is 2. The topological polar surface area (TPSA) is 74.6 Å². The third-order valence-corrected chi connectivity index (χ3v) is 3.65. The van der Waals surface area contributed by atoms with Crippen LogP contribution in [0, 0.1) is 24.7 Å². The van der Waals surface area contributed by atoms with Gasteiger partial charge < -0.3 is 10.2 Å². The van der Waals surface area contributed by atoms with Gasteiger partial charge in [-0.05, 0) is 12.8 Å². The van der Waals surface area contributed by atoms with Crippen molar-refractivity contribution in [2.75, 3.05) is 0 Å². The lowest BCUT2D eigenvalue weighted by Crippen LogP contribution is -2.03. The Hall–Kier alpha value is -1.94. The fraction of sp³-hybridized carbons (Fsp3) is 0.739. The van der Waals surface area contributed by atoms with Crippen LogP contribution in [0.3, 0.4) is 0 Å². The molecule has 0 aromatic heterocycles.